The van der Waals surface area contributed by atoms with Crippen LogP contribution in [0.1, 0.15) is 17.5 Å². The van der Waals surface area contributed by atoms with Crippen molar-refractivity contribution in [2.45, 2.75) is 19.1 Å². The monoisotopic (exact) mass is 589 g/mol. The Balaban J connectivity index is 1.11. The minimum atomic E-state index is -4.66. The molecule has 3 aromatic rings. The second-order valence-corrected chi connectivity index (χ2v) is 9.74. The second kappa shape index (κ2) is 11.6. The first-order valence-corrected chi connectivity index (χ1v) is 12.8. The number of amides is 3. The smallest absolute Gasteiger partial charge is 0.417 e. The fraction of sp³-hybridized carbons (Fsp3) is 0.250. The normalized spacial score (nSPS) is 16.0. The van der Waals surface area contributed by atoms with Gasteiger partial charge in [-0.3, -0.25) is 14.4 Å². The fourth-order valence-electron chi connectivity index (χ4n) is 4.41. The number of rotatable bonds is 8. The molecule has 0 bridgehead atoms. The summed E-state index contributed by atoms with van der Waals surface area (Å²) in [5.74, 6) is -0.0721. The molecule has 1 saturated heterocycles. The van der Waals surface area contributed by atoms with Crippen LogP contribution in [-0.4, -0.2) is 37.7 Å². The van der Waals surface area contributed by atoms with E-state index in [1.807, 2.05) is 6.07 Å². The summed E-state index contributed by atoms with van der Waals surface area (Å²) < 4.78 is 55.1. The van der Waals surface area contributed by atoms with Gasteiger partial charge in [-0.15, -0.1) is 0 Å². The highest BCUT2D eigenvalue weighted by Crippen LogP contribution is 2.36. The summed E-state index contributed by atoms with van der Waals surface area (Å²) in [6, 6.07) is 14.8. The molecule has 1 atom stereocenters. The number of hydrogen-bond donors (Lipinski definition) is 2. The number of ether oxygens (including phenoxy) is 3. The standard InChI is InChI=1S/C28H23ClF3N3O6/c29-22-7-2-18(11-21(22)28(30,31)32)34-25(36)14-39-20-5-3-19(4-6-20)35-13-17(10-26(35)37)27(38)33-12-16-1-8-23-24(9-16)41-15-40-23/h1-9,11,17H,10,12-15H2,(H,33,38)(H,34,36)/t17-/m0/s1. The molecule has 9 nitrogen and oxygen atoms in total. The van der Waals surface area contributed by atoms with Gasteiger partial charge in [0, 0.05) is 30.9 Å². The highest BCUT2D eigenvalue weighted by atomic mass is 35.5. The van der Waals surface area contributed by atoms with Gasteiger partial charge < -0.3 is 29.7 Å². The van der Waals surface area contributed by atoms with Crippen molar-refractivity contribution in [3.8, 4) is 17.2 Å². The van der Waals surface area contributed by atoms with Crippen molar-refractivity contribution >= 4 is 40.7 Å². The van der Waals surface area contributed by atoms with Gasteiger partial charge in [-0.1, -0.05) is 17.7 Å². The summed E-state index contributed by atoms with van der Waals surface area (Å²) in [7, 11) is 0. The van der Waals surface area contributed by atoms with Gasteiger partial charge in [0.2, 0.25) is 18.6 Å². The number of fused-ring (bicyclic) bond motifs is 1. The highest BCUT2D eigenvalue weighted by Gasteiger charge is 2.35. The maximum absolute atomic E-state index is 13.0. The van der Waals surface area contributed by atoms with E-state index in [1.165, 1.54) is 11.0 Å². The van der Waals surface area contributed by atoms with Gasteiger partial charge >= 0.3 is 6.18 Å². The first-order valence-electron chi connectivity index (χ1n) is 12.4. The summed E-state index contributed by atoms with van der Waals surface area (Å²) in [6.45, 7) is 0.182. The molecule has 41 heavy (non-hydrogen) atoms. The van der Waals surface area contributed by atoms with Crippen molar-refractivity contribution in [2.24, 2.45) is 5.92 Å². The summed E-state index contributed by atoms with van der Waals surface area (Å²) in [5.41, 5.74) is 0.257. The molecule has 0 unspecified atom stereocenters. The van der Waals surface area contributed by atoms with E-state index in [2.05, 4.69) is 10.6 Å². The molecule has 3 amide bonds. The Morgan fingerprint density at radius 1 is 1.02 bits per heavy atom. The molecular weight excluding hydrogens is 567 g/mol. The lowest BCUT2D eigenvalue weighted by Gasteiger charge is -2.17. The molecule has 2 aliphatic rings. The molecule has 0 spiro atoms. The van der Waals surface area contributed by atoms with E-state index in [0.29, 0.717) is 22.9 Å². The molecule has 13 heteroatoms. The number of alkyl halides is 3. The van der Waals surface area contributed by atoms with E-state index >= 15 is 0 Å². The largest absolute Gasteiger partial charge is 0.484 e. The van der Waals surface area contributed by atoms with E-state index < -0.39 is 35.2 Å². The third-order valence-electron chi connectivity index (χ3n) is 6.47. The van der Waals surface area contributed by atoms with Gasteiger partial charge in [-0.05, 0) is 60.2 Å². The number of hydrogen-bond acceptors (Lipinski definition) is 6. The molecule has 0 saturated carbocycles. The Morgan fingerprint density at radius 3 is 2.54 bits per heavy atom. The van der Waals surface area contributed by atoms with Crippen LogP contribution in [-0.2, 0) is 27.1 Å². The third-order valence-corrected chi connectivity index (χ3v) is 6.80. The number of carbonyl (C=O) groups is 3. The van der Waals surface area contributed by atoms with Gasteiger partial charge in [-0.25, -0.2) is 0 Å². The van der Waals surface area contributed by atoms with Crippen LogP contribution in [0, 0.1) is 5.92 Å². The van der Waals surface area contributed by atoms with Crippen LogP contribution >= 0.6 is 11.6 Å². The van der Waals surface area contributed by atoms with Gasteiger partial charge in [0.15, 0.2) is 18.1 Å². The van der Waals surface area contributed by atoms with Crippen molar-refractivity contribution in [1.29, 1.82) is 0 Å². The molecule has 2 heterocycles. The predicted molar refractivity (Wildman–Crippen MR) is 142 cm³/mol. The molecule has 214 valence electrons. The van der Waals surface area contributed by atoms with Gasteiger partial charge in [0.1, 0.15) is 5.75 Å². The average molecular weight is 590 g/mol. The van der Waals surface area contributed by atoms with Crippen molar-refractivity contribution in [3.63, 3.8) is 0 Å². The van der Waals surface area contributed by atoms with E-state index in [0.717, 1.165) is 17.7 Å². The fourth-order valence-corrected chi connectivity index (χ4v) is 4.63. The highest BCUT2D eigenvalue weighted by molar-refractivity contribution is 6.31. The SMILES string of the molecule is O=C(COc1ccc(N2C[C@@H](C(=O)NCc3ccc4c(c3)OCO4)CC2=O)cc1)Nc1ccc(Cl)c(C(F)(F)F)c1. The first kappa shape index (κ1) is 28.1. The van der Waals surface area contributed by atoms with Gasteiger partial charge in [-0.2, -0.15) is 13.2 Å². The quantitative estimate of drug-likeness (QED) is 0.392. The van der Waals surface area contributed by atoms with Crippen LogP contribution in [0.3, 0.4) is 0 Å². The topological polar surface area (TPSA) is 106 Å². The number of nitrogens with one attached hydrogen (secondary N) is 2. The first-order chi connectivity index (χ1) is 19.6. The van der Waals surface area contributed by atoms with E-state index in [-0.39, 0.29) is 43.8 Å². The van der Waals surface area contributed by atoms with Crippen LogP contribution < -0.4 is 29.7 Å². The average Bonchev–Trinajstić information content (AvgIpc) is 3.57. The Labute approximate surface area is 237 Å². The van der Waals surface area contributed by atoms with Crippen LogP contribution in [0.15, 0.2) is 60.7 Å². The number of benzene rings is 3. The summed E-state index contributed by atoms with van der Waals surface area (Å²) in [4.78, 5) is 39.0. The minimum absolute atomic E-state index is 0.0617. The molecule has 1 fully saturated rings. The number of halogens is 4. The lowest BCUT2D eigenvalue weighted by molar-refractivity contribution is -0.137. The Morgan fingerprint density at radius 2 is 1.78 bits per heavy atom. The van der Waals surface area contributed by atoms with E-state index in [1.54, 1.807) is 36.4 Å². The Bertz CT molecular complexity index is 1480. The van der Waals surface area contributed by atoms with Crippen molar-refractivity contribution in [3.05, 3.63) is 76.8 Å². The maximum Gasteiger partial charge on any atom is 0.417 e. The zero-order chi connectivity index (χ0) is 29.1. The second-order valence-electron chi connectivity index (χ2n) is 9.33. The summed E-state index contributed by atoms with van der Waals surface area (Å²) >= 11 is 5.59. The van der Waals surface area contributed by atoms with Crippen molar-refractivity contribution in [2.75, 3.05) is 30.2 Å². The summed E-state index contributed by atoms with van der Waals surface area (Å²) in [6.07, 6.45) is -4.60. The Hall–Kier alpha value is -4.45. The van der Waals surface area contributed by atoms with Crippen LogP contribution in [0.5, 0.6) is 17.2 Å². The van der Waals surface area contributed by atoms with E-state index in [4.69, 9.17) is 25.8 Å². The van der Waals surface area contributed by atoms with E-state index in [9.17, 15) is 27.6 Å². The maximum atomic E-state index is 13.0. The number of carbonyl (C=O) groups excluding carboxylic acids is 3. The number of anilines is 2. The minimum Gasteiger partial charge on any atom is -0.484 e. The molecule has 2 N–H and O–H groups in total. The molecule has 0 aliphatic carbocycles. The van der Waals surface area contributed by atoms with Crippen LogP contribution in [0.4, 0.5) is 24.5 Å². The van der Waals surface area contributed by atoms with Gasteiger partial charge in [0.05, 0.1) is 16.5 Å². The predicted octanol–water partition coefficient (Wildman–Crippen LogP) is 4.77. The van der Waals surface area contributed by atoms with Crippen molar-refractivity contribution in [1.82, 2.24) is 5.32 Å². The molecule has 0 aromatic heterocycles. The summed E-state index contributed by atoms with van der Waals surface area (Å²) in [5, 5.41) is 4.72. The zero-order valence-corrected chi connectivity index (χ0v) is 22.1. The molecule has 2 aliphatic heterocycles. The van der Waals surface area contributed by atoms with Crippen LogP contribution in [0.25, 0.3) is 0 Å². The lowest BCUT2D eigenvalue weighted by atomic mass is 10.1. The van der Waals surface area contributed by atoms with Crippen molar-refractivity contribution < 1.29 is 41.8 Å². The lowest BCUT2D eigenvalue weighted by Crippen LogP contribution is -2.32. The molecule has 5 rings (SSSR count). The third kappa shape index (κ3) is 6.65. The molecular formula is C28H23ClF3N3O6. The number of nitrogens with zero attached hydrogens (tertiary/aromatic N) is 1. The molecule has 0 radical (unpaired) electrons. The van der Waals surface area contributed by atoms with Gasteiger partial charge in [0.25, 0.3) is 5.91 Å². The van der Waals surface area contributed by atoms with Crippen LogP contribution in [0.2, 0.25) is 5.02 Å². The zero-order valence-electron chi connectivity index (χ0n) is 21.3. The Kier molecular flexibility index (Phi) is 7.93. The molecule has 3 aromatic carbocycles.